The molecule has 0 aromatic carbocycles. The smallest absolute Gasteiger partial charge is 0.326 e. The lowest BCUT2D eigenvalue weighted by atomic mass is 10.2. The van der Waals surface area contributed by atoms with Gasteiger partial charge in [-0.05, 0) is 0 Å². The van der Waals surface area contributed by atoms with Crippen LogP contribution in [-0.2, 0) is 4.79 Å². The molecule has 0 radical (unpaired) electrons. The van der Waals surface area contributed by atoms with Gasteiger partial charge in [0.05, 0.1) is 6.10 Å². The summed E-state index contributed by atoms with van der Waals surface area (Å²) in [6, 6.07) is -1.02. The number of β-amino-alcohol motifs (C(OH)–C–C–N with tert-alkyl or cyclic N) is 1. The summed E-state index contributed by atoms with van der Waals surface area (Å²) in [5, 5.41) is 25.0. The molecule has 0 aliphatic carbocycles. The maximum Gasteiger partial charge on any atom is 0.326 e. The van der Waals surface area contributed by atoms with Gasteiger partial charge in [0.1, 0.15) is 11.9 Å². The first-order valence-corrected chi connectivity index (χ1v) is 6.04. The number of aromatic nitrogens is 3. The highest BCUT2D eigenvalue weighted by atomic mass is 16.4. The molecule has 19 heavy (non-hydrogen) atoms. The molecule has 1 aliphatic rings. The Hall–Kier alpha value is -1.96. The number of hydrogen-bond acceptors (Lipinski definition) is 5. The van der Waals surface area contributed by atoms with Crippen molar-refractivity contribution in [2.24, 2.45) is 0 Å². The lowest BCUT2D eigenvalue weighted by Gasteiger charge is -2.19. The van der Waals surface area contributed by atoms with Crippen molar-refractivity contribution in [3.8, 4) is 0 Å². The highest BCUT2D eigenvalue weighted by molar-refractivity contribution is 5.94. The van der Waals surface area contributed by atoms with E-state index in [2.05, 4.69) is 15.2 Å². The summed E-state index contributed by atoms with van der Waals surface area (Å²) in [5.41, 5.74) is 0. The molecule has 0 saturated carbocycles. The highest BCUT2D eigenvalue weighted by Gasteiger charge is 2.40. The van der Waals surface area contributed by atoms with E-state index in [1.807, 2.05) is 13.8 Å². The molecule has 2 heterocycles. The second kappa shape index (κ2) is 4.96. The molecule has 104 valence electrons. The van der Waals surface area contributed by atoms with Crippen molar-refractivity contribution in [2.75, 3.05) is 6.54 Å². The molecular formula is C11H16N4O4. The molecule has 1 saturated heterocycles. The molecule has 2 atom stereocenters. The monoisotopic (exact) mass is 268 g/mol. The summed E-state index contributed by atoms with van der Waals surface area (Å²) in [5.74, 6) is -1.12. The predicted octanol–water partition coefficient (Wildman–Crippen LogP) is -0.412. The Morgan fingerprint density at radius 2 is 2.16 bits per heavy atom. The zero-order valence-corrected chi connectivity index (χ0v) is 10.7. The maximum atomic E-state index is 12.1. The average molecular weight is 268 g/mol. The zero-order chi connectivity index (χ0) is 14.2. The molecule has 0 spiro atoms. The number of H-pyrrole nitrogens is 1. The van der Waals surface area contributed by atoms with Crippen molar-refractivity contribution in [1.29, 1.82) is 0 Å². The van der Waals surface area contributed by atoms with E-state index in [-0.39, 0.29) is 24.7 Å². The number of carbonyl (C=O) groups is 2. The fraction of sp³-hybridized carbons (Fsp3) is 0.636. The van der Waals surface area contributed by atoms with Gasteiger partial charge in [-0.15, -0.1) is 5.10 Å². The van der Waals surface area contributed by atoms with E-state index in [0.29, 0.717) is 5.82 Å². The fourth-order valence-electron chi connectivity index (χ4n) is 2.03. The van der Waals surface area contributed by atoms with E-state index < -0.39 is 24.0 Å². The third-order valence-electron chi connectivity index (χ3n) is 3.07. The topological polar surface area (TPSA) is 119 Å². The van der Waals surface area contributed by atoms with Crippen LogP contribution >= 0.6 is 0 Å². The molecule has 8 heteroatoms. The summed E-state index contributed by atoms with van der Waals surface area (Å²) >= 11 is 0. The number of aromatic amines is 1. The predicted molar refractivity (Wildman–Crippen MR) is 63.6 cm³/mol. The minimum atomic E-state index is -1.13. The quantitative estimate of drug-likeness (QED) is 0.685. The van der Waals surface area contributed by atoms with Gasteiger partial charge in [-0.3, -0.25) is 9.89 Å². The van der Waals surface area contributed by atoms with Gasteiger partial charge in [0.2, 0.25) is 5.82 Å². The summed E-state index contributed by atoms with van der Waals surface area (Å²) < 4.78 is 0. The van der Waals surface area contributed by atoms with Crippen LogP contribution in [0.1, 0.15) is 42.6 Å². The molecule has 1 aromatic rings. The average Bonchev–Trinajstić information content (AvgIpc) is 2.94. The number of carboxylic acids is 1. The number of carbonyl (C=O) groups excluding carboxylic acids is 1. The Morgan fingerprint density at radius 3 is 2.68 bits per heavy atom. The maximum absolute atomic E-state index is 12.1. The van der Waals surface area contributed by atoms with Crippen LogP contribution in [0.15, 0.2) is 0 Å². The second-order valence-electron chi connectivity index (χ2n) is 4.90. The number of aliphatic carboxylic acids is 1. The van der Waals surface area contributed by atoms with Crippen LogP contribution < -0.4 is 0 Å². The number of hydrogen-bond donors (Lipinski definition) is 3. The first-order chi connectivity index (χ1) is 8.90. The van der Waals surface area contributed by atoms with E-state index in [0.717, 1.165) is 4.90 Å². The summed E-state index contributed by atoms with van der Waals surface area (Å²) in [6.45, 7) is 3.78. The van der Waals surface area contributed by atoms with Crippen LogP contribution in [0.5, 0.6) is 0 Å². The Morgan fingerprint density at radius 1 is 1.47 bits per heavy atom. The van der Waals surface area contributed by atoms with Gasteiger partial charge in [0.15, 0.2) is 0 Å². The van der Waals surface area contributed by atoms with Crippen molar-refractivity contribution in [2.45, 2.75) is 38.3 Å². The third kappa shape index (κ3) is 2.58. The van der Waals surface area contributed by atoms with E-state index in [1.54, 1.807) is 0 Å². The van der Waals surface area contributed by atoms with Crippen LogP contribution in [0.3, 0.4) is 0 Å². The SMILES string of the molecule is CC(C)c1nc(C(=O)N2CC(O)CC2C(=O)O)n[nH]1. The highest BCUT2D eigenvalue weighted by Crippen LogP contribution is 2.20. The van der Waals surface area contributed by atoms with Gasteiger partial charge in [0.25, 0.3) is 5.91 Å². The molecule has 2 rings (SSSR count). The van der Waals surface area contributed by atoms with Gasteiger partial charge in [0, 0.05) is 18.9 Å². The Bertz CT molecular complexity index is 499. The minimum absolute atomic E-state index is 0.0125. The van der Waals surface area contributed by atoms with Gasteiger partial charge >= 0.3 is 5.97 Å². The number of nitrogens with zero attached hydrogens (tertiary/aromatic N) is 3. The van der Waals surface area contributed by atoms with E-state index in [1.165, 1.54) is 0 Å². The summed E-state index contributed by atoms with van der Waals surface area (Å²) in [6.07, 6.45) is -0.795. The molecule has 1 aromatic heterocycles. The van der Waals surface area contributed by atoms with Crippen molar-refractivity contribution in [3.05, 3.63) is 11.6 Å². The van der Waals surface area contributed by atoms with Crippen LogP contribution in [0.25, 0.3) is 0 Å². The normalized spacial score (nSPS) is 23.1. The summed E-state index contributed by atoms with van der Waals surface area (Å²) in [4.78, 5) is 28.3. The number of likely N-dealkylation sites (tertiary alicyclic amines) is 1. The molecule has 2 unspecified atom stereocenters. The van der Waals surface area contributed by atoms with E-state index in [4.69, 9.17) is 5.11 Å². The first-order valence-electron chi connectivity index (χ1n) is 6.04. The number of rotatable bonds is 3. The van der Waals surface area contributed by atoms with E-state index in [9.17, 15) is 14.7 Å². The molecule has 0 bridgehead atoms. The van der Waals surface area contributed by atoms with Gasteiger partial charge in [-0.1, -0.05) is 13.8 Å². The molecule has 1 aliphatic heterocycles. The van der Waals surface area contributed by atoms with Crippen LogP contribution in [0.2, 0.25) is 0 Å². The molecule has 1 fully saturated rings. The molecule has 3 N–H and O–H groups in total. The van der Waals surface area contributed by atoms with Gasteiger partial charge in [-0.25, -0.2) is 9.78 Å². The Balaban J connectivity index is 2.20. The van der Waals surface area contributed by atoms with Crippen LogP contribution in [0, 0.1) is 0 Å². The lowest BCUT2D eigenvalue weighted by molar-refractivity contribution is -0.141. The number of amides is 1. The van der Waals surface area contributed by atoms with Crippen LogP contribution in [0.4, 0.5) is 0 Å². The molecule has 8 nitrogen and oxygen atoms in total. The molecular weight excluding hydrogens is 252 g/mol. The Kier molecular flexibility index (Phi) is 3.52. The fourth-order valence-corrected chi connectivity index (χ4v) is 2.03. The first kappa shape index (κ1) is 13.5. The van der Waals surface area contributed by atoms with Crippen molar-refractivity contribution < 1.29 is 19.8 Å². The Labute approximate surface area is 109 Å². The minimum Gasteiger partial charge on any atom is -0.480 e. The van der Waals surface area contributed by atoms with Crippen LogP contribution in [-0.4, -0.2) is 60.9 Å². The molecule has 1 amide bonds. The number of carboxylic acid groups (broad SMARTS) is 1. The van der Waals surface area contributed by atoms with Gasteiger partial charge in [-0.2, -0.15) is 0 Å². The van der Waals surface area contributed by atoms with Gasteiger partial charge < -0.3 is 15.1 Å². The number of aliphatic hydroxyl groups is 1. The van der Waals surface area contributed by atoms with Crippen molar-refractivity contribution in [3.63, 3.8) is 0 Å². The summed E-state index contributed by atoms with van der Waals surface area (Å²) in [7, 11) is 0. The van der Waals surface area contributed by atoms with Crippen molar-refractivity contribution >= 4 is 11.9 Å². The van der Waals surface area contributed by atoms with E-state index >= 15 is 0 Å². The lowest BCUT2D eigenvalue weighted by Crippen LogP contribution is -2.41. The number of aliphatic hydroxyl groups excluding tert-OH is 1. The number of nitrogens with one attached hydrogen (secondary N) is 1. The largest absolute Gasteiger partial charge is 0.480 e. The van der Waals surface area contributed by atoms with Crippen molar-refractivity contribution in [1.82, 2.24) is 20.1 Å². The zero-order valence-electron chi connectivity index (χ0n) is 10.7. The second-order valence-corrected chi connectivity index (χ2v) is 4.90. The third-order valence-corrected chi connectivity index (χ3v) is 3.07. The standard InChI is InChI=1S/C11H16N4O4/c1-5(2)8-12-9(14-13-8)10(17)15-4-6(16)3-7(15)11(18)19/h5-7,16H,3-4H2,1-2H3,(H,18,19)(H,12,13,14).